The zero-order chi connectivity index (χ0) is 29.8. The van der Waals surface area contributed by atoms with Crippen molar-refractivity contribution in [2.45, 2.75) is 58.1 Å². The normalized spacial score (nSPS) is 21.0. The van der Waals surface area contributed by atoms with Gasteiger partial charge in [-0.2, -0.15) is 0 Å². The third-order valence-electron chi connectivity index (χ3n) is 8.35. The molecule has 1 aliphatic carbocycles. The third-order valence-corrected chi connectivity index (χ3v) is 8.35. The quantitative estimate of drug-likeness (QED) is 0.445. The Kier molecular flexibility index (Phi) is 9.06. The number of rotatable bonds is 7. The van der Waals surface area contributed by atoms with E-state index in [9.17, 15) is 19.5 Å². The Balaban J connectivity index is 1.39. The fraction of sp³-hybridized carbons (Fsp3) is 0.516. The zero-order valence-electron chi connectivity index (χ0n) is 24.4. The van der Waals surface area contributed by atoms with E-state index in [-0.39, 0.29) is 55.4 Å². The lowest BCUT2D eigenvalue weighted by Crippen LogP contribution is -2.50. The highest BCUT2D eigenvalue weighted by Gasteiger charge is 2.35. The molecule has 0 unspecified atom stereocenters. The summed E-state index contributed by atoms with van der Waals surface area (Å²) >= 11 is 0. The number of aliphatic hydroxyl groups excluding tert-OH is 1. The molecule has 2 aromatic rings. The van der Waals surface area contributed by atoms with Crippen LogP contribution in [0.2, 0.25) is 0 Å². The number of hydrogen-bond acceptors (Lipinski definition) is 7. The molecule has 5 rings (SSSR count). The van der Waals surface area contributed by atoms with Crippen LogP contribution in [0.25, 0.3) is 0 Å². The van der Waals surface area contributed by atoms with Gasteiger partial charge in [-0.1, -0.05) is 32.3 Å². The van der Waals surface area contributed by atoms with E-state index in [1.54, 1.807) is 55.3 Å². The maximum absolute atomic E-state index is 13.7. The number of likely N-dealkylation sites (N-methyl/N-ethyl adjacent to an activating group) is 1. The molecule has 0 saturated heterocycles. The summed E-state index contributed by atoms with van der Waals surface area (Å²) in [6, 6.07) is 9.56. The molecule has 2 aliphatic heterocycles. The van der Waals surface area contributed by atoms with Gasteiger partial charge >= 0.3 is 6.03 Å². The van der Waals surface area contributed by atoms with Gasteiger partial charge in [0.25, 0.3) is 5.91 Å². The minimum absolute atomic E-state index is 0.0772. The largest absolute Gasteiger partial charge is 0.485 e. The first kappa shape index (κ1) is 29.5. The standard InChI is InChI=1S/C31H40N4O7/c1-19-15-35(20(2)17-36)30(38)23-10-7-11-24(33-29(37)21-8-5-4-6-9-21)28(23)42-27(19)16-34(3)31(39)32-22-12-13-25-26(14-22)41-18-40-25/h7,10-14,19-21,27,36H,4-6,8-9,15-18H2,1-3H3,(H,32,39)(H,33,37)/t19-,20-,27-/m1/s1. The van der Waals surface area contributed by atoms with Crippen molar-refractivity contribution in [1.29, 1.82) is 0 Å². The molecule has 3 N–H and O–H groups in total. The van der Waals surface area contributed by atoms with Crippen LogP contribution in [0.3, 0.4) is 0 Å². The Labute approximate surface area is 246 Å². The molecule has 0 aromatic heterocycles. The van der Waals surface area contributed by atoms with Gasteiger partial charge in [0, 0.05) is 37.2 Å². The number of amides is 4. The van der Waals surface area contributed by atoms with Crippen LogP contribution in [-0.2, 0) is 4.79 Å². The molecule has 3 atom stereocenters. The number of fused-ring (bicyclic) bond motifs is 2. The van der Waals surface area contributed by atoms with E-state index >= 15 is 0 Å². The van der Waals surface area contributed by atoms with E-state index in [1.165, 1.54) is 4.90 Å². The van der Waals surface area contributed by atoms with Crippen LogP contribution in [0.1, 0.15) is 56.3 Å². The smallest absolute Gasteiger partial charge is 0.321 e. The highest BCUT2D eigenvalue weighted by molar-refractivity contribution is 6.02. The van der Waals surface area contributed by atoms with E-state index in [0.717, 1.165) is 32.1 Å². The minimum atomic E-state index is -0.523. The summed E-state index contributed by atoms with van der Waals surface area (Å²) in [5.41, 5.74) is 1.30. The van der Waals surface area contributed by atoms with Crippen LogP contribution in [0, 0.1) is 11.8 Å². The fourth-order valence-corrected chi connectivity index (χ4v) is 5.71. The van der Waals surface area contributed by atoms with Gasteiger partial charge < -0.3 is 39.8 Å². The molecular weight excluding hydrogens is 540 g/mol. The van der Waals surface area contributed by atoms with Crippen molar-refractivity contribution in [3.63, 3.8) is 0 Å². The topological polar surface area (TPSA) is 130 Å². The molecule has 11 heteroatoms. The fourth-order valence-electron chi connectivity index (χ4n) is 5.71. The van der Waals surface area contributed by atoms with E-state index in [2.05, 4.69) is 10.6 Å². The van der Waals surface area contributed by atoms with Crippen molar-refractivity contribution in [2.75, 3.05) is 44.2 Å². The van der Waals surface area contributed by atoms with Crippen LogP contribution < -0.4 is 24.8 Å². The van der Waals surface area contributed by atoms with Crippen molar-refractivity contribution in [3.05, 3.63) is 42.0 Å². The first-order valence-corrected chi connectivity index (χ1v) is 14.7. The molecule has 1 saturated carbocycles. The van der Waals surface area contributed by atoms with Gasteiger partial charge in [0.1, 0.15) is 6.10 Å². The number of urea groups is 1. The number of nitrogens with zero attached hydrogens (tertiary/aromatic N) is 2. The van der Waals surface area contributed by atoms with Crippen LogP contribution in [0.15, 0.2) is 36.4 Å². The van der Waals surface area contributed by atoms with E-state index < -0.39 is 12.1 Å². The van der Waals surface area contributed by atoms with Crippen molar-refractivity contribution < 1.29 is 33.7 Å². The highest BCUT2D eigenvalue weighted by atomic mass is 16.7. The molecule has 2 heterocycles. The second-order valence-electron chi connectivity index (χ2n) is 11.5. The molecule has 1 fully saturated rings. The summed E-state index contributed by atoms with van der Waals surface area (Å²) in [7, 11) is 1.67. The molecule has 3 aliphatic rings. The summed E-state index contributed by atoms with van der Waals surface area (Å²) in [5, 5.41) is 15.9. The number of hydrogen-bond donors (Lipinski definition) is 3. The SMILES string of the molecule is C[C@@H]1CN([C@H](C)CO)C(=O)c2cccc(NC(=O)C3CCCCC3)c2O[C@@H]1CN(C)C(=O)Nc1ccc2c(c1)OCO2. The average molecular weight is 581 g/mol. The number of para-hydroxylation sites is 1. The first-order valence-electron chi connectivity index (χ1n) is 14.7. The van der Waals surface area contributed by atoms with Crippen molar-refractivity contribution >= 4 is 29.2 Å². The van der Waals surface area contributed by atoms with Crippen molar-refractivity contribution in [2.24, 2.45) is 11.8 Å². The number of aliphatic hydroxyl groups is 1. The van der Waals surface area contributed by atoms with Crippen LogP contribution in [-0.4, -0.2) is 78.4 Å². The molecule has 226 valence electrons. The second kappa shape index (κ2) is 12.9. The lowest BCUT2D eigenvalue weighted by molar-refractivity contribution is -0.120. The predicted molar refractivity (Wildman–Crippen MR) is 157 cm³/mol. The van der Waals surface area contributed by atoms with Gasteiger partial charge in [0.15, 0.2) is 17.2 Å². The molecule has 0 bridgehead atoms. The lowest BCUT2D eigenvalue weighted by Gasteiger charge is -2.38. The lowest BCUT2D eigenvalue weighted by atomic mass is 9.88. The highest BCUT2D eigenvalue weighted by Crippen LogP contribution is 2.37. The number of ether oxygens (including phenoxy) is 3. The van der Waals surface area contributed by atoms with Gasteiger partial charge in [0.05, 0.1) is 30.4 Å². The van der Waals surface area contributed by atoms with E-state index in [1.807, 2.05) is 6.92 Å². The van der Waals surface area contributed by atoms with Crippen LogP contribution in [0.5, 0.6) is 17.2 Å². The van der Waals surface area contributed by atoms with Crippen LogP contribution in [0.4, 0.5) is 16.2 Å². The van der Waals surface area contributed by atoms with Gasteiger partial charge in [0.2, 0.25) is 12.7 Å². The van der Waals surface area contributed by atoms with Gasteiger partial charge in [-0.3, -0.25) is 9.59 Å². The van der Waals surface area contributed by atoms with Crippen LogP contribution >= 0.6 is 0 Å². The predicted octanol–water partition coefficient (Wildman–Crippen LogP) is 4.32. The summed E-state index contributed by atoms with van der Waals surface area (Å²) in [4.78, 5) is 43.3. The number of benzene rings is 2. The summed E-state index contributed by atoms with van der Waals surface area (Å²) in [6.45, 7) is 4.21. The Bertz CT molecular complexity index is 1310. The van der Waals surface area contributed by atoms with Crippen molar-refractivity contribution in [3.8, 4) is 17.2 Å². The summed E-state index contributed by atoms with van der Waals surface area (Å²) < 4.78 is 17.3. The number of carbonyl (C=O) groups excluding carboxylic acids is 3. The summed E-state index contributed by atoms with van der Waals surface area (Å²) in [5.74, 6) is 0.826. The number of anilines is 2. The monoisotopic (exact) mass is 580 g/mol. The molecule has 2 aromatic carbocycles. The average Bonchev–Trinajstić information content (AvgIpc) is 3.47. The molecule has 0 spiro atoms. The second-order valence-corrected chi connectivity index (χ2v) is 11.5. The molecule has 42 heavy (non-hydrogen) atoms. The molecule has 11 nitrogen and oxygen atoms in total. The van der Waals surface area contributed by atoms with Gasteiger partial charge in [-0.15, -0.1) is 0 Å². The Hall–Kier alpha value is -3.99. The zero-order valence-corrected chi connectivity index (χ0v) is 24.4. The van der Waals surface area contributed by atoms with E-state index in [4.69, 9.17) is 14.2 Å². The number of nitrogens with one attached hydrogen (secondary N) is 2. The van der Waals surface area contributed by atoms with Crippen molar-refractivity contribution in [1.82, 2.24) is 9.80 Å². The Morgan fingerprint density at radius 1 is 1.10 bits per heavy atom. The maximum Gasteiger partial charge on any atom is 0.321 e. The Morgan fingerprint density at radius 3 is 2.62 bits per heavy atom. The molecule has 4 amide bonds. The Morgan fingerprint density at radius 2 is 1.86 bits per heavy atom. The summed E-state index contributed by atoms with van der Waals surface area (Å²) in [6.07, 6.45) is 4.33. The molecule has 0 radical (unpaired) electrons. The van der Waals surface area contributed by atoms with Gasteiger partial charge in [-0.05, 0) is 44.0 Å². The molecular formula is C31H40N4O7. The third kappa shape index (κ3) is 6.41. The maximum atomic E-state index is 13.7. The van der Waals surface area contributed by atoms with Gasteiger partial charge in [-0.25, -0.2) is 4.79 Å². The number of carbonyl (C=O) groups is 3. The minimum Gasteiger partial charge on any atom is -0.485 e. The van der Waals surface area contributed by atoms with E-state index in [0.29, 0.717) is 35.0 Å². The first-order chi connectivity index (χ1) is 20.2.